The van der Waals surface area contributed by atoms with Crippen molar-refractivity contribution in [1.82, 2.24) is 14.4 Å². The second-order valence-corrected chi connectivity index (χ2v) is 5.02. The lowest BCUT2D eigenvalue weighted by Gasteiger charge is -2.18. The number of nitrogens with zero attached hydrogens (tertiary/aromatic N) is 3. The molecule has 2 aromatic rings. The Morgan fingerprint density at radius 3 is 3.25 bits per heavy atom. The summed E-state index contributed by atoms with van der Waals surface area (Å²) in [5.74, 6) is 7.31. The molecule has 1 saturated heterocycles. The number of nitrogens with one attached hydrogen (secondary N) is 2. The van der Waals surface area contributed by atoms with E-state index in [2.05, 4.69) is 27.6 Å². The summed E-state index contributed by atoms with van der Waals surface area (Å²) in [4.78, 5) is 8.75. The Morgan fingerprint density at radius 1 is 1.55 bits per heavy atom. The van der Waals surface area contributed by atoms with E-state index < -0.39 is 0 Å². The monoisotopic (exact) mass is 276 g/mol. The van der Waals surface area contributed by atoms with Gasteiger partial charge in [0.1, 0.15) is 0 Å². The second kappa shape index (κ2) is 5.64. The molecular weight excluding hydrogens is 256 g/mol. The highest BCUT2D eigenvalue weighted by molar-refractivity contribution is 5.65. The van der Waals surface area contributed by atoms with Crippen molar-refractivity contribution in [2.24, 2.45) is 11.8 Å². The number of fused-ring (bicyclic) bond motifs is 1. The molecule has 0 aromatic carbocycles. The predicted molar refractivity (Wildman–Crippen MR) is 77.4 cm³/mol. The van der Waals surface area contributed by atoms with E-state index in [9.17, 15) is 0 Å². The maximum absolute atomic E-state index is 5.71. The fraction of sp³-hybridized carbons (Fsp3) is 0.538. The minimum Gasteiger partial charge on any atom is -0.378 e. The Bertz CT molecular complexity index is 583. The maximum Gasteiger partial charge on any atom is 0.180 e. The van der Waals surface area contributed by atoms with Crippen molar-refractivity contribution in [2.75, 3.05) is 23.9 Å². The molecule has 2 atom stereocenters. The topological polar surface area (TPSA) is 89.5 Å². The van der Waals surface area contributed by atoms with Crippen molar-refractivity contribution in [3.8, 4) is 0 Å². The predicted octanol–water partition coefficient (Wildman–Crippen LogP) is 1.24. The molecule has 3 rings (SSSR count). The Morgan fingerprint density at radius 2 is 2.45 bits per heavy atom. The van der Waals surface area contributed by atoms with E-state index in [4.69, 9.17) is 10.6 Å². The van der Waals surface area contributed by atoms with Gasteiger partial charge in [-0.1, -0.05) is 6.92 Å². The molecule has 2 aromatic heterocycles. The number of nitrogen functional groups attached to an aromatic ring is 1. The summed E-state index contributed by atoms with van der Waals surface area (Å²) in [5.41, 5.74) is 3.37. The smallest absolute Gasteiger partial charge is 0.180 e. The third kappa shape index (κ3) is 2.41. The van der Waals surface area contributed by atoms with Gasteiger partial charge >= 0.3 is 0 Å². The minimum absolute atomic E-state index is 0.342. The van der Waals surface area contributed by atoms with Crippen LogP contribution >= 0.6 is 0 Å². The van der Waals surface area contributed by atoms with E-state index in [1.807, 2.05) is 10.6 Å². The van der Waals surface area contributed by atoms with E-state index in [-0.39, 0.29) is 0 Å². The van der Waals surface area contributed by atoms with Crippen LogP contribution in [-0.4, -0.2) is 33.6 Å². The lowest BCUT2D eigenvalue weighted by atomic mass is 10.00. The average molecular weight is 276 g/mol. The molecule has 1 aliphatic rings. The molecule has 0 saturated carbocycles. The van der Waals surface area contributed by atoms with E-state index in [1.54, 1.807) is 12.4 Å². The number of anilines is 2. The number of aromatic nitrogens is 3. The van der Waals surface area contributed by atoms with Gasteiger partial charge in [0.2, 0.25) is 0 Å². The van der Waals surface area contributed by atoms with Crippen LogP contribution in [0.25, 0.3) is 5.65 Å². The number of imidazole rings is 1. The zero-order chi connectivity index (χ0) is 13.9. The van der Waals surface area contributed by atoms with Crippen LogP contribution in [0.1, 0.15) is 19.8 Å². The molecule has 0 aliphatic carbocycles. The van der Waals surface area contributed by atoms with Crippen LogP contribution in [0.5, 0.6) is 0 Å². The molecule has 2 unspecified atom stereocenters. The molecule has 1 aliphatic heterocycles. The zero-order valence-electron chi connectivity index (χ0n) is 11.5. The molecule has 0 amide bonds. The first kappa shape index (κ1) is 13.1. The van der Waals surface area contributed by atoms with Crippen LogP contribution in [0.2, 0.25) is 0 Å². The first-order chi connectivity index (χ1) is 9.81. The molecule has 0 radical (unpaired) electrons. The number of nitrogens with two attached hydrogens (primary N) is 1. The van der Waals surface area contributed by atoms with Crippen molar-refractivity contribution in [2.45, 2.75) is 25.9 Å². The molecule has 0 bridgehead atoms. The standard InChI is InChI=1S/C13H20N6O/c1-2-10-9(3-6-20-10)7-16-12-13-15-4-5-19(13)8-11(17-12)18-14/h4-5,8-10,18H,2-3,6-7,14H2,1H3,(H,16,17). The summed E-state index contributed by atoms with van der Waals surface area (Å²) >= 11 is 0. The van der Waals surface area contributed by atoms with Crippen LogP contribution < -0.4 is 16.6 Å². The van der Waals surface area contributed by atoms with Crippen LogP contribution in [0.4, 0.5) is 11.6 Å². The van der Waals surface area contributed by atoms with Gasteiger partial charge in [0.25, 0.3) is 0 Å². The highest BCUT2D eigenvalue weighted by atomic mass is 16.5. The molecule has 7 nitrogen and oxygen atoms in total. The normalized spacial score (nSPS) is 22.3. The fourth-order valence-electron chi connectivity index (χ4n) is 2.73. The quantitative estimate of drug-likeness (QED) is 0.562. The SMILES string of the molecule is CCC1OCCC1CNc1nc(NN)cn2ccnc12. The summed E-state index contributed by atoms with van der Waals surface area (Å²) in [6.45, 7) is 3.84. The van der Waals surface area contributed by atoms with E-state index >= 15 is 0 Å². The maximum atomic E-state index is 5.71. The van der Waals surface area contributed by atoms with E-state index in [1.165, 1.54) is 0 Å². The van der Waals surface area contributed by atoms with Crippen molar-refractivity contribution in [3.05, 3.63) is 18.6 Å². The molecule has 0 spiro atoms. The van der Waals surface area contributed by atoms with Gasteiger partial charge in [-0.15, -0.1) is 0 Å². The number of hydrogen-bond donors (Lipinski definition) is 3. The van der Waals surface area contributed by atoms with E-state index in [0.29, 0.717) is 17.8 Å². The van der Waals surface area contributed by atoms with Crippen LogP contribution in [0.3, 0.4) is 0 Å². The van der Waals surface area contributed by atoms with E-state index in [0.717, 1.165) is 37.5 Å². The summed E-state index contributed by atoms with van der Waals surface area (Å²) in [6.07, 6.45) is 7.90. The van der Waals surface area contributed by atoms with Crippen LogP contribution in [0, 0.1) is 5.92 Å². The molecule has 3 heterocycles. The van der Waals surface area contributed by atoms with Crippen molar-refractivity contribution in [3.63, 3.8) is 0 Å². The van der Waals surface area contributed by atoms with Crippen LogP contribution in [-0.2, 0) is 4.74 Å². The molecular formula is C13H20N6O. The van der Waals surface area contributed by atoms with Gasteiger partial charge in [-0.2, -0.15) is 0 Å². The Labute approximate surface area is 117 Å². The summed E-state index contributed by atoms with van der Waals surface area (Å²) in [7, 11) is 0. The lowest BCUT2D eigenvalue weighted by Crippen LogP contribution is -2.23. The highest BCUT2D eigenvalue weighted by Crippen LogP contribution is 2.24. The molecule has 7 heteroatoms. The largest absolute Gasteiger partial charge is 0.378 e. The summed E-state index contributed by atoms with van der Waals surface area (Å²) in [5, 5.41) is 3.38. The zero-order valence-corrected chi connectivity index (χ0v) is 11.5. The molecule has 20 heavy (non-hydrogen) atoms. The Kier molecular flexibility index (Phi) is 3.70. The lowest BCUT2D eigenvalue weighted by molar-refractivity contribution is 0.0900. The van der Waals surface area contributed by atoms with Gasteiger partial charge < -0.3 is 19.9 Å². The average Bonchev–Trinajstić information content (AvgIpc) is 3.12. The number of rotatable bonds is 5. The number of ether oxygens (including phenoxy) is 1. The van der Waals surface area contributed by atoms with Crippen molar-refractivity contribution < 1.29 is 4.74 Å². The van der Waals surface area contributed by atoms with Crippen molar-refractivity contribution >= 4 is 17.3 Å². The van der Waals surface area contributed by atoms with Gasteiger partial charge in [0.05, 0.1) is 12.3 Å². The second-order valence-electron chi connectivity index (χ2n) is 5.02. The Balaban J connectivity index is 1.78. The van der Waals surface area contributed by atoms with Gasteiger partial charge in [0.15, 0.2) is 17.3 Å². The third-order valence-electron chi connectivity index (χ3n) is 3.80. The number of hydrazine groups is 1. The van der Waals surface area contributed by atoms with Gasteiger partial charge in [-0.25, -0.2) is 15.8 Å². The fourth-order valence-corrected chi connectivity index (χ4v) is 2.73. The molecule has 108 valence electrons. The highest BCUT2D eigenvalue weighted by Gasteiger charge is 2.26. The molecule has 4 N–H and O–H groups in total. The van der Waals surface area contributed by atoms with Crippen molar-refractivity contribution in [1.29, 1.82) is 0 Å². The third-order valence-corrected chi connectivity index (χ3v) is 3.80. The summed E-state index contributed by atoms with van der Waals surface area (Å²) < 4.78 is 7.60. The van der Waals surface area contributed by atoms with Gasteiger partial charge in [0, 0.05) is 31.5 Å². The number of hydrogen-bond acceptors (Lipinski definition) is 6. The van der Waals surface area contributed by atoms with Gasteiger partial charge in [-0.3, -0.25) is 0 Å². The molecule has 1 fully saturated rings. The first-order valence-electron chi connectivity index (χ1n) is 6.97. The minimum atomic E-state index is 0.342. The first-order valence-corrected chi connectivity index (χ1v) is 6.97. The summed E-state index contributed by atoms with van der Waals surface area (Å²) in [6, 6.07) is 0. The van der Waals surface area contributed by atoms with Crippen LogP contribution in [0.15, 0.2) is 18.6 Å². The Hall–Kier alpha value is -1.86. The van der Waals surface area contributed by atoms with Gasteiger partial charge in [-0.05, 0) is 12.8 Å².